The van der Waals surface area contributed by atoms with Gasteiger partial charge < -0.3 is 4.74 Å². The van der Waals surface area contributed by atoms with Gasteiger partial charge >= 0.3 is 5.97 Å². The summed E-state index contributed by atoms with van der Waals surface area (Å²) in [7, 11) is 0. The predicted octanol–water partition coefficient (Wildman–Crippen LogP) is 4.48. The van der Waals surface area contributed by atoms with Crippen LogP contribution in [0.1, 0.15) is 54.0 Å². The SMILES string of the molecule is Cc1ccc(/C(=C/CN2CCCC2)c2cccc(C(=O)OC(C)C)n2)cc1. The van der Waals surface area contributed by atoms with Crippen LogP contribution >= 0.6 is 0 Å². The van der Waals surface area contributed by atoms with Gasteiger partial charge in [0.2, 0.25) is 0 Å². The first-order valence-corrected chi connectivity index (χ1v) is 9.71. The van der Waals surface area contributed by atoms with Crippen LogP contribution in [0.25, 0.3) is 5.57 Å². The minimum Gasteiger partial charge on any atom is -0.458 e. The summed E-state index contributed by atoms with van der Waals surface area (Å²) in [6.45, 7) is 8.95. The van der Waals surface area contributed by atoms with Crippen molar-refractivity contribution < 1.29 is 9.53 Å². The first-order chi connectivity index (χ1) is 13.0. The Morgan fingerprint density at radius 2 is 1.78 bits per heavy atom. The smallest absolute Gasteiger partial charge is 0.357 e. The molecule has 0 unspecified atom stereocenters. The zero-order valence-corrected chi connectivity index (χ0v) is 16.4. The molecule has 1 fully saturated rings. The summed E-state index contributed by atoms with van der Waals surface area (Å²) in [5.41, 5.74) is 4.54. The van der Waals surface area contributed by atoms with E-state index in [9.17, 15) is 4.79 Å². The maximum absolute atomic E-state index is 12.3. The van der Waals surface area contributed by atoms with Crippen LogP contribution in [0.3, 0.4) is 0 Å². The molecular formula is C23H28N2O2. The molecule has 1 aliphatic rings. The summed E-state index contributed by atoms with van der Waals surface area (Å²) < 4.78 is 5.30. The van der Waals surface area contributed by atoms with Crippen molar-refractivity contribution >= 4 is 11.5 Å². The number of likely N-dealkylation sites (tertiary alicyclic amines) is 1. The molecule has 1 saturated heterocycles. The minimum absolute atomic E-state index is 0.162. The Morgan fingerprint density at radius 1 is 1.11 bits per heavy atom. The molecule has 0 atom stereocenters. The Hall–Kier alpha value is -2.46. The van der Waals surface area contributed by atoms with Crippen molar-refractivity contribution in [1.82, 2.24) is 9.88 Å². The van der Waals surface area contributed by atoms with Crippen molar-refractivity contribution in [2.24, 2.45) is 0 Å². The molecule has 0 spiro atoms. The number of aryl methyl sites for hydroxylation is 1. The normalized spacial score (nSPS) is 15.3. The second-order valence-electron chi connectivity index (χ2n) is 7.35. The van der Waals surface area contributed by atoms with Gasteiger partial charge in [-0.25, -0.2) is 9.78 Å². The Bertz CT molecular complexity index is 803. The molecule has 4 heteroatoms. The summed E-state index contributed by atoms with van der Waals surface area (Å²) in [4.78, 5) is 19.3. The van der Waals surface area contributed by atoms with Gasteiger partial charge in [-0.2, -0.15) is 0 Å². The molecule has 2 heterocycles. The minimum atomic E-state index is -0.380. The van der Waals surface area contributed by atoms with E-state index >= 15 is 0 Å². The number of rotatable bonds is 6. The lowest BCUT2D eigenvalue weighted by atomic mass is 10.00. The Morgan fingerprint density at radius 3 is 2.44 bits per heavy atom. The van der Waals surface area contributed by atoms with Crippen LogP contribution in [0.15, 0.2) is 48.5 Å². The monoisotopic (exact) mass is 364 g/mol. The predicted molar refractivity (Wildman–Crippen MR) is 109 cm³/mol. The van der Waals surface area contributed by atoms with Gasteiger partial charge in [-0.1, -0.05) is 42.0 Å². The molecule has 1 aliphatic heterocycles. The van der Waals surface area contributed by atoms with Gasteiger partial charge in [0.1, 0.15) is 5.69 Å². The summed E-state index contributed by atoms with van der Waals surface area (Å²) >= 11 is 0. The second-order valence-corrected chi connectivity index (χ2v) is 7.35. The standard InChI is InChI=1S/C23H28N2O2/c1-17(2)27-23(26)22-8-6-7-21(24-22)20(13-16-25-14-4-5-15-25)19-11-9-18(3)10-12-19/h6-13,17H,4-5,14-16H2,1-3H3/b20-13-. The number of hydrogen-bond acceptors (Lipinski definition) is 4. The molecule has 1 aromatic carbocycles. The largest absolute Gasteiger partial charge is 0.458 e. The van der Waals surface area contributed by atoms with Gasteiger partial charge in [-0.05, 0) is 64.4 Å². The summed E-state index contributed by atoms with van der Waals surface area (Å²) in [5, 5.41) is 0. The quantitative estimate of drug-likeness (QED) is 0.709. The van der Waals surface area contributed by atoms with Gasteiger partial charge in [0.15, 0.2) is 0 Å². The highest BCUT2D eigenvalue weighted by atomic mass is 16.5. The van der Waals surface area contributed by atoms with Crippen LogP contribution in [-0.4, -0.2) is 41.6 Å². The van der Waals surface area contributed by atoms with E-state index in [1.807, 2.05) is 26.0 Å². The fourth-order valence-corrected chi connectivity index (χ4v) is 3.26. The number of carbonyl (C=O) groups excluding carboxylic acids is 1. The van der Waals surface area contributed by atoms with E-state index < -0.39 is 0 Å². The highest BCUT2D eigenvalue weighted by Gasteiger charge is 2.15. The molecule has 4 nitrogen and oxygen atoms in total. The number of pyridine rings is 1. The molecule has 0 radical (unpaired) electrons. The van der Waals surface area contributed by atoms with Crippen LogP contribution in [0.2, 0.25) is 0 Å². The third kappa shape index (κ3) is 5.27. The molecule has 3 rings (SSSR count). The lowest BCUT2D eigenvalue weighted by Gasteiger charge is -2.15. The van der Waals surface area contributed by atoms with Gasteiger partial charge in [0.05, 0.1) is 11.8 Å². The zero-order chi connectivity index (χ0) is 19.2. The lowest BCUT2D eigenvalue weighted by Crippen LogP contribution is -2.19. The Labute approximate surface area is 161 Å². The Kier molecular flexibility index (Phi) is 6.40. The van der Waals surface area contributed by atoms with Crippen molar-refractivity contribution in [2.75, 3.05) is 19.6 Å². The average molecular weight is 364 g/mol. The van der Waals surface area contributed by atoms with E-state index in [2.05, 4.69) is 47.1 Å². The van der Waals surface area contributed by atoms with Crippen molar-refractivity contribution in [3.8, 4) is 0 Å². The Balaban J connectivity index is 1.93. The molecule has 0 saturated carbocycles. The van der Waals surface area contributed by atoms with E-state index in [0.29, 0.717) is 5.69 Å². The van der Waals surface area contributed by atoms with E-state index in [4.69, 9.17) is 4.74 Å². The molecule has 0 aliphatic carbocycles. The first kappa shape index (κ1) is 19.3. The van der Waals surface area contributed by atoms with Crippen molar-refractivity contribution in [3.05, 3.63) is 71.1 Å². The van der Waals surface area contributed by atoms with Crippen LogP contribution in [0.4, 0.5) is 0 Å². The van der Waals surface area contributed by atoms with Gasteiger partial charge in [0.25, 0.3) is 0 Å². The second kappa shape index (κ2) is 8.96. The third-order valence-corrected chi connectivity index (χ3v) is 4.69. The van der Waals surface area contributed by atoms with Crippen LogP contribution in [-0.2, 0) is 4.74 Å². The summed E-state index contributed by atoms with van der Waals surface area (Å²) in [6, 6.07) is 14.0. The van der Waals surface area contributed by atoms with Crippen LogP contribution in [0.5, 0.6) is 0 Å². The van der Waals surface area contributed by atoms with E-state index in [1.54, 1.807) is 6.07 Å². The number of benzene rings is 1. The third-order valence-electron chi connectivity index (χ3n) is 4.69. The molecule has 2 aromatic rings. The van der Waals surface area contributed by atoms with Crippen LogP contribution < -0.4 is 0 Å². The lowest BCUT2D eigenvalue weighted by molar-refractivity contribution is 0.0371. The number of aromatic nitrogens is 1. The molecule has 0 N–H and O–H groups in total. The van der Waals surface area contributed by atoms with Crippen molar-refractivity contribution in [3.63, 3.8) is 0 Å². The fourth-order valence-electron chi connectivity index (χ4n) is 3.26. The van der Waals surface area contributed by atoms with Crippen LogP contribution in [0, 0.1) is 6.92 Å². The van der Waals surface area contributed by atoms with Gasteiger partial charge in [0, 0.05) is 12.1 Å². The summed E-state index contributed by atoms with van der Waals surface area (Å²) in [5.74, 6) is -0.380. The molecule has 1 aromatic heterocycles. The molecule has 0 bridgehead atoms. The van der Waals surface area contributed by atoms with Gasteiger partial charge in [-0.15, -0.1) is 0 Å². The van der Waals surface area contributed by atoms with Crippen molar-refractivity contribution in [2.45, 2.75) is 39.7 Å². The molecule has 142 valence electrons. The highest BCUT2D eigenvalue weighted by molar-refractivity contribution is 5.88. The zero-order valence-electron chi connectivity index (χ0n) is 16.4. The number of carbonyl (C=O) groups is 1. The van der Waals surface area contributed by atoms with E-state index in [-0.39, 0.29) is 12.1 Å². The molecular weight excluding hydrogens is 336 g/mol. The molecule has 27 heavy (non-hydrogen) atoms. The maximum atomic E-state index is 12.3. The fraction of sp³-hybridized carbons (Fsp3) is 0.391. The van der Waals surface area contributed by atoms with Gasteiger partial charge in [-0.3, -0.25) is 4.90 Å². The maximum Gasteiger partial charge on any atom is 0.357 e. The van der Waals surface area contributed by atoms with E-state index in [1.165, 1.54) is 18.4 Å². The van der Waals surface area contributed by atoms with Crippen molar-refractivity contribution in [1.29, 1.82) is 0 Å². The summed E-state index contributed by atoms with van der Waals surface area (Å²) in [6.07, 6.45) is 4.60. The average Bonchev–Trinajstić information content (AvgIpc) is 3.16. The molecule has 0 amide bonds. The topological polar surface area (TPSA) is 42.4 Å². The number of hydrogen-bond donors (Lipinski definition) is 0. The van der Waals surface area contributed by atoms with E-state index in [0.717, 1.165) is 36.5 Å². The number of esters is 1. The number of ether oxygens (including phenoxy) is 1. The number of nitrogens with zero attached hydrogens (tertiary/aromatic N) is 2. The highest BCUT2D eigenvalue weighted by Crippen LogP contribution is 2.23. The first-order valence-electron chi connectivity index (χ1n) is 9.71.